The molecule has 8 heteroatoms. The lowest BCUT2D eigenvalue weighted by atomic mass is 10.2. The van der Waals surface area contributed by atoms with Gasteiger partial charge in [-0.05, 0) is 67.1 Å². The van der Waals surface area contributed by atoms with Crippen molar-refractivity contribution in [2.75, 3.05) is 19.5 Å². The second kappa shape index (κ2) is 10.4. The van der Waals surface area contributed by atoms with Gasteiger partial charge in [0, 0.05) is 30.2 Å². The van der Waals surface area contributed by atoms with Crippen molar-refractivity contribution in [3.63, 3.8) is 0 Å². The first kappa shape index (κ1) is 22.6. The van der Waals surface area contributed by atoms with Crippen LogP contribution in [-0.4, -0.2) is 34.7 Å². The molecule has 0 spiro atoms. The number of aryl methyl sites for hydroxylation is 1. The van der Waals surface area contributed by atoms with Gasteiger partial charge >= 0.3 is 0 Å². The zero-order valence-electron chi connectivity index (χ0n) is 19.1. The van der Waals surface area contributed by atoms with Crippen LogP contribution in [0.1, 0.15) is 11.4 Å². The summed E-state index contributed by atoms with van der Waals surface area (Å²) in [5.74, 6) is 3.32. The Hall–Kier alpha value is -4.59. The van der Waals surface area contributed by atoms with Crippen molar-refractivity contribution in [1.82, 2.24) is 14.5 Å². The van der Waals surface area contributed by atoms with Gasteiger partial charge in [-0.1, -0.05) is 6.07 Å². The second-order valence-corrected chi connectivity index (χ2v) is 7.27. The topological polar surface area (TPSA) is 87.5 Å². The van der Waals surface area contributed by atoms with Crippen LogP contribution >= 0.6 is 0 Å². The first-order chi connectivity index (χ1) is 16.5. The summed E-state index contributed by atoms with van der Waals surface area (Å²) >= 11 is 0. The summed E-state index contributed by atoms with van der Waals surface area (Å²) in [5.41, 5.74) is 1.46. The SMILES string of the molecule is COc1ccc(/C=C/C(=O)Nc2ccc(Oc3cc(-n4cccc4)nc(C)n3)cc2)cc1OC. The number of carbonyl (C=O) groups is 1. The molecule has 2 heterocycles. The fraction of sp³-hybridized carbons (Fsp3) is 0.115. The van der Waals surface area contributed by atoms with Crippen LogP contribution in [0, 0.1) is 6.92 Å². The van der Waals surface area contributed by atoms with Crippen LogP contribution in [0.3, 0.4) is 0 Å². The molecule has 0 fully saturated rings. The zero-order valence-corrected chi connectivity index (χ0v) is 19.1. The second-order valence-electron chi connectivity index (χ2n) is 7.27. The lowest BCUT2D eigenvalue weighted by Gasteiger charge is -2.09. The number of anilines is 1. The van der Waals surface area contributed by atoms with Gasteiger partial charge < -0.3 is 24.1 Å². The molecule has 0 aliphatic rings. The molecule has 0 aliphatic carbocycles. The molecule has 34 heavy (non-hydrogen) atoms. The minimum Gasteiger partial charge on any atom is -0.493 e. The Bertz CT molecular complexity index is 1300. The van der Waals surface area contributed by atoms with Crippen molar-refractivity contribution >= 4 is 17.7 Å². The number of methoxy groups -OCH3 is 2. The summed E-state index contributed by atoms with van der Waals surface area (Å²) in [6, 6.07) is 18.1. The monoisotopic (exact) mass is 456 g/mol. The fourth-order valence-electron chi connectivity index (χ4n) is 3.24. The van der Waals surface area contributed by atoms with Crippen LogP contribution in [0.15, 0.2) is 79.1 Å². The number of nitrogens with zero attached hydrogens (tertiary/aromatic N) is 3. The third kappa shape index (κ3) is 5.60. The number of rotatable bonds is 8. The summed E-state index contributed by atoms with van der Waals surface area (Å²) in [7, 11) is 3.14. The van der Waals surface area contributed by atoms with E-state index < -0.39 is 0 Å². The molecular weight excluding hydrogens is 432 g/mol. The number of carbonyl (C=O) groups excluding carboxylic acids is 1. The molecule has 2 aromatic heterocycles. The number of hydrogen-bond acceptors (Lipinski definition) is 6. The molecule has 2 aromatic carbocycles. The van der Waals surface area contributed by atoms with Crippen LogP contribution in [-0.2, 0) is 4.79 Å². The number of hydrogen-bond donors (Lipinski definition) is 1. The first-order valence-electron chi connectivity index (χ1n) is 10.5. The minimum atomic E-state index is -0.258. The van der Waals surface area contributed by atoms with E-state index in [1.54, 1.807) is 62.8 Å². The summed E-state index contributed by atoms with van der Waals surface area (Å²) in [5, 5.41) is 2.82. The first-order valence-corrected chi connectivity index (χ1v) is 10.5. The number of nitrogens with one attached hydrogen (secondary N) is 1. The average molecular weight is 457 g/mol. The molecule has 4 aromatic rings. The van der Waals surface area contributed by atoms with E-state index in [4.69, 9.17) is 14.2 Å². The zero-order chi connectivity index (χ0) is 23.9. The van der Waals surface area contributed by atoms with Gasteiger partial charge in [0.05, 0.1) is 14.2 Å². The number of aromatic nitrogens is 3. The molecule has 4 rings (SSSR count). The highest BCUT2D eigenvalue weighted by molar-refractivity contribution is 6.02. The normalized spacial score (nSPS) is 10.8. The molecule has 0 bridgehead atoms. The lowest BCUT2D eigenvalue weighted by molar-refractivity contribution is -0.111. The third-order valence-corrected chi connectivity index (χ3v) is 4.85. The number of ether oxygens (including phenoxy) is 3. The molecule has 172 valence electrons. The Morgan fingerprint density at radius 3 is 2.38 bits per heavy atom. The van der Waals surface area contributed by atoms with Crippen LogP contribution in [0.2, 0.25) is 0 Å². The summed E-state index contributed by atoms with van der Waals surface area (Å²) < 4.78 is 18.3. The van der Waals surface area contributed by atoms with E-state index in [2.05, 4.69) is 15.3 Å². The van der Waals surface area contributed by atoms with Crippen LogP contribution in [0.5, 0.6) is 23.1 Å². The van der Waals surface area contributed by atoms with Gasteiger partial charge in [0.1, 0.15) is 17.4 Å². The van der Waals surface area contributed by atoms with E-state index >= 15 is 0 Å². The van der Waals surface area contributed by atoms with Crippen molar-refractivity contribution in [3.05, 3.63) is 90.5 Å². The van der Waals surface area contributed by atoms with E-state index in [0.717, 1.165) is 11.4 Å². The quantitative estimate of drug-likeness (QED) is 0.374. The third-order valence-electron chi connectivity index (χ3n) is 4.85. The maximum Gasteiger partial charge on any atom is 0.248 e. The Kier molecular flexibility index (Phi) is 6.88. The Balaban J connectivity index is 1.38. The molecule has 0 atom stereocenters. The molecule has 0 saturated heterocycles. The molecule has 0 saturated carbocycles. The summed E-state index contributed by atoms with van der Waals surface area (Å²) in [6.07, 6.45) is 6.97. The van der Waals surface area contributed by atoms with Crippen molar-refractivity contribution < 1.29 is 19.0 Å². The Labute approximate surface area is 197 Å². The van der Waals surface area contributed by atoms with Crippen molar-refractivity contribution in [3.8, 4) is 28.9 Å². The predicted molar refractivity (Wildman–Crippen MR) is 130 cm³/mol. The molecule has 1 amide bonds. The number of benzene rings is 2. The average Bonchev–Trinajstić information content (AvgIpc) is 3.39. The largest absolute Gasteiger partial charge is 0.493 e. The standard InChI is InChI=1S/C26H24N4O4/c1-18-27-24(30-14-4-5-15-30)17-26(28-18)34-21-10-8-20(9-11-21)29-25(31)13-7-19-6-12-22(32-2)23(16-19)33-3/h4-17H,1-3H3,(H,29,31)/b13-7+. The van der Waals surface area contributed by atoms with E-state index in [-0.39, 0.29) is 5.91 Å². The Morgan fingerprint density at radius 1 is 0.941 bits per heavy atom. The predicted octanol–water partition coefficient (Wildman–Crippen LogP) is 5.04. The number of amides is 1. The minimum absolute atomic E-state index is 0.258. The summed E-state index contributed by atoms with van der Waals surface area (Å²) in [6.45, 7) is 1.81. The molecule has 0 radical (unpaired) electrons. The van der Waals surface area contributed by atoms with Crippen LogP contribution in [0.4, 0.5) is 5.69 Å². The fourth-order valence-corrected chi connectivity index (χ4v) is 3.24. The molecular formula is C26H24N4O4. The maximum atomic E-state index is 12.3. The molecule has 0 unspecified atom stereocenters. The van der Waals surface area contributed by atoms with E-state index in [1.165, 1.54) is 6.08 Å². The van der Waals surface area contributed by atoms with Gasteiger partial charge in [-0.25, -0.2) is 4.98 Å². The molecule has 0 aliphatic heterocycles. The van der Waals surface area contributed by atoms with E-state index in [1.807, 2.05) is 42.1 Å². The molecule has 1 N–H and O–H groups in total. The van der Waals surface area contributed by atoms with Crippen LogP contribution < -0.4 is 19.5 Å². The smallest absolute Gasteiger partial charge is 0.248 e. The Morgan fingerprint density at radius 2 is 1.68 bits per heavy atom. The van der Waals surface area contributed by atoms with Gasteiger partial charge in [0.25, 0.3) is 0 Å². The summed E-state index contributed by atoms with van der Waals surface area (Å²) in [4.78, 5) is 21.1. The van der Waals surface area contributed by atoms with Gasteiger partial charge in [0.2, 0.25) is 11.8 Å². The van der Waals surface area contributed by atoms with Gasteiger partial charge in [-0.3, -0.25) is 4.79 Å². The van der Waals surface area contributed by atoms with Gasteiger partial charge in [-0.15, -0.1) is 0 Å². The van der Waals surface area contributed by atoms with Crippen molar-refractivity contribution in [2.45, 2.75) is 6.92 Å². The maximum absolute atomic E-state index is 12.3. The van der Waals surface area contributed by atoms with E-state index in [0.29, 0.717) is 34.6 Å². The van der Waals surface area contributed by atoms with Crippen molar-refractivity contribution in [1.29, 1.82) is 0 Å². The highest BCUT2D eigenvalue weighted by Gasteiger charge is 2.07. The van der Waals surface area contributed by atoms with Gasteiger partial charge in [-0.2, -0.15) is 4.98 Å². The highest BCUT2D eigenvalue weighted by Crippen LogP contribution is 2.28. The van der Waals surface area contributed by atoms with Crippen molar-refractivity contribution in [2.24, 2.45) is 0 Å². The highest BCUT2D eigenvalue weighted by atomic mass is 16.5. The molecule has 8 nitrogen and oxygen atoms in total. The van der Waals surface area contributed by atoms with E-state index in [9.17, 15) is 4.79 Å². The lowest BCUT2D eigenvalue weighted by Crippen LogP contribution is -2.07. The van der Waals surface area contributed by atoms with Crippen LogP contribution in [0.25, 0.3) is 11.9 Å². The van der Waals surface area contributed by atoms with Gasteiger partial charge in [0.15, 0.2) is 11.5 Å².